The van der Waals surface area contributed by atoms with Crippen molar-refractivity contribution in [3.8, 4) is 0 Å². The normalized spacial score (nSPS) is 19.5. The standard InChI is InChI=1S/C16H23NO5S/c1-11-6-7-15(12(2)9-11)23(19,20)17-16(18)13(3)22-10-14-5-4-8-21-14/h6-7,9,13-14H,4-5,8,10H2,1-3H3,(H,17,18)/t13-,14-/m0/s1. The van der Waals surface area contributed by atoms with Crippen molar-refractivity contribution < 1.29 is 22.7 Å². The fourth-order valence-corrected chi connectivity index (χ4v) is 3.75. The van der Waals surface area contributed by atoms with E-state index in [1.807, 2.05) is 6.92 Å². The Morgan fingerprint density at radius 2 is 2.17 bits per heavy atom. The smallest absolute Gasteiger partial charge is 0.264 e. The molecule has 128 valence electrons. The Morgan fingerprint density at radius 1 is 1.43 bits per heavy atom. The first-order valence-electron chi connectivity index (χ1n) is 7.67. The monoisotopic (exact) mass is 341 g/mol. The molecule has 1 aromatic rings. The minimum absolute atomic E-state index is 0.0128. The van der Waals surface area contributed by atoms with Gasteiger partial charge in [0.2, 0.25) is 0 Å². The first-order chi connectivity index (χ1) is 10.8. The van der Waals surface area contributed by atoms with E-state index in [1.165, 1.54) is 13.0 Å². The van der Waals surface area contributed by atoms with Gasteiger partial charge in [-0.05, 0) is 45.2 Å². The van der Waals surface area contributed by atoms with Gasteiger partial charge in [0.15, 0.2) is 0 Å². The van der Waals surface area contributed by atoms with E-state index in [1.54, 1.807) is 19.1 Å². The highest BCUT2D eigenvalue weighted by molar-refractivity contribution is 7.90. The quantitative estimate of drug-likeness (QED) is 0.851. The molecule has 1 aliphatic heterocycles. The molecule has 1 saturated heterocycles. The lowest BCUT2D eigenvalue weighted by molar-refractivity contribution is -0.131. The van der Waals surface area contributed by atoms with Gasteiger partial charge in [0.25, 0.3) is 15.9 Å². The van der Waals surface area contributed by atoms with Crippen LogP contribution in [0.1, 0.15) is 30.9 Å². The highest BCUT2D eigenvalue weighted by Crippen LogP contribution is 2.17. The third-order valence-corrected chi connectivity index (χ3v) is 5.29. The maximum atomic E-state index is 12.3. The number of carbonyl (C=O) groups excluding carboxylic acids is 1. The molecule has 1 aromatic carbocycles. The van der Waals surface area contributed by atoms with Crippen LogP contribution in [0.4, 0.5) is 0 Å². The number of ether oxygens (including phenoxy) is 2. The SMILES string of the molecule is Cc1ccc(S(=O)(=O)NC(=O)[C@H](C)OC[C@@H]2CCCO2)c(C)c1. The minimum Gasteiger partial charge on any atom is -0.376 e. The highest BCUT2D eigenvalue weighted by atomic mass is 32.2. The lowest BCUT2D eigenvalue weighted by Crippen LogP contribution is -2.39. The van der Waals surface area contributed by atoms with Gasteiger partial charge >= 0.3 is 0 Å². The molecule has 6 nitrogen and oxygen atoms in total. The first kappa shape index (κ1) is 17.9. The Labute approximate surface area is 137 Å². The van der Waals surface area contributed by atoms with Crippen molar-refractivity contribution >= 4 is 15.9 Å². The van der Waals surface area contributed by atoms with Crippen molar-refractivity contribution in [1.29, 1.82) is 0 Å². The third kappa shape index (κ3) is 4.76. The summed E-state index contributed by atoms with van der Waals surface area (Å²) in [5.41, 5.74) is 1.55. The van der Waals surface area contributed by atoms with Crippen molar-refractivity contribution in [2.24, 2.45) is 0 Å². The van der Waals surface area contributed by atoms with Crippen LogP contribution in [0.2, 0.25) is 0 Å². The molecule has 1 heterocycles. The van der Waals surface area contributed by atoms with Crippen LogP contribution < -0.4 is 4.72 Å². The number of aryl methyl sites for hydroxylation is 2. The number of nitrogens with one attached hydrogen (secondary N) is 1. The fraction of sp³-hybridized carbons (Fsp3) is 0.562. The average molecular weight is 341 g/mol. The molecule has 1 N–H and O–H groups in total. The molecule has 0 saturated carbocycles. The predicted octanol–water partition coefficient (Wildman–Crippen LogP) is 1.69. The molecule has 1 amide bonds. The van der Waals surface area contributed by atoms with Gasteiger partial charge in [-0.15, -0.1) is 0 Å². The van der Waals surface area contributed by atoms with Gasteiger partial charge in [-0.3, -0.25) is 4.79 Å². The fourth-order valence-electron chi connectivity index (χ4n) is 2.47. The largest absolute Gasteiger partial charge is 0.376 e. The van der Waals surface area contributed by atoms with E-state index in [4.69, 9.17) is 9.47 Å². The summed E-state index contributed by atoms with van der Waals surface area (Å²) in [6.45, 7) is 6.10. The summed E-state index contributed by atoms with van der Waals surface area (Å²) in [6.07, 6.45) is 1.01. The van der Waals surface area contributed by atoms with E-state index >= 15 is 0 Å². The van der Waals surface area contributed by atoms with Crippen LogP contribution in [0.15, 0.2) is 23.1 Å². The maximum absolute atomic E-state index is 12.3. The van der Waals surface area contributed by atoms with Crippen molar-refractivity contribution in [2.45, 2.75) is 50.7 Å². The van der Waals surface area contributed by atoms with Gasteiger partial charge < -0.3 is 9.47 Å². The molecule has 0 unspecified atom stereocenters. The average Bonchev–Trinajstić information content (AvgIpc) is 2.96. The van der Waals surface area contributed by atoms with E-state index in [9.17, 15) is 13.2 Å². The molecular formula is C16H23NO5S. The Morgan fingerprint density at radius 3 is 2.78 bits per heavy atom. The molecule has 0 aliphatic carbocycles. The molecule has 2 rings (SSSR count). The van der Waals surface area contributed by atoms with Gasteiger partial charge in [-0.1, -0.05) is 17.7 Å². The van der Waals surface area contributed by atoms with Crippen LogP contribution in [-0.2, 0) is 24.3 Å². The van der Waals surface area contributed by atoms with E-state index in [-0.39, 0.29) is 17.6 Å². The summed E-state index contributed by atoms with van der Waals surface area (Å²) in [5.74, 6) is -0.678. The second-order valence-electron chi connectivity index (χ2n) is 5.85. The zero-order chi connectivity index (χ0) is 17.0. The van der Waals surface area contributed by atoms with Crippen LogP contribution in [0.5, 0.6) is 0 Å². The second kappa shape index (κ2) is 7.42. The number of hydrogen-bond donors (Lipinski definition) is 1. The number of sulfonamides is 1. The zero-order valence-electron chi connectivity index (χ0n) is 13.7. The van der Waals surface area contributed by atoms with Crippen molar-refractivity contribution in [2.75, 3.05) is 13.2 Å². The predicted molar refractivity (Wildman–Crippen MR) is 85.6 cm³/mol. The van der Waals surface area contributed by atoms with E-state index in [0.29, 0.717) is 12.2 Å². The Balaban J connectivity index is 1.97. The van der Waals surface area contributed by atoms with Gasteiger partial charge in [0.1, 0.15) is 6.10 Å². The Hall–Kier alpha value is -1.44. The first-order valence-corrected chi connectivity index (χ1v) is 9.15. The van der Waals surface area contributed by atoms with Crippen molar-refractivity contribution in [3.63, 3.8) is 0 Å². The number of rotatable bonds is 6. The number of carbonyl (C=O) groups is 1. The van der Waals surface area contributed by atoms with E-state index in [2.05, 4.69) is 4.72 Å². The lowest BCUT2D eigenvalue weighted by atomic mass is 10.2. The molecule has 7 heteroatoms. The van der Waals surface area contributed by atoms with Crippen LogP contribution in [0.25, 0.3) is 0 Å². The molecule has 0 aromatic heterocycles. The lowest BCUT2D eigenvalue weighted by Gasteiger charge is -2.16. The zero-order valence-corrected chi connectivity index (χ0v) is 14.5. The van der Waals surface area contributed by atoms with Crippen LogP contribution in [-0.4, -0.2) is 39.7 Å². The van der Waals surface area contributed by atoms with E-state index in [0.717, 1.165) is 18.4 Å². The molecule has 2 atom stereocenters. The summed E-state index contributed by atoms with van der Waals surface area (Å²) in [4.78, 5) is 12.2. The molecule has 0 bridgehead atoms. The Kier molecular flexibility index (Phi) is 5.78. The molecule has 1 fully saturated rings. The summed E-state index contributed by atoms with van der Waals surface area (Å²) in [6, 6.07) is 4.96. The molecule has 0 radical (unpaired) electrons. The van der Waals surface area contributed by atoms with Gasteiger partial charge in [0.05, 0.1) is 17.6 Å². The topological polar surface area (TPSA) is 81.7 Å². The summed E-state index contributed by atoms with van der Waals surface area (Å²) in [5, 5.41) is 0. The van der Waals surface area contributed by atoms with Gasteiger partial charge in [-0.25, -0.2) is 13.1 Å². The third-order valence-electron chi connectivity index (χ3n) is 3.78. The van der Waals surface area contributed by atoms with Crippen molar-refractivity contribution in [3.05, 3.63) is 29.3 Å². The highest BCUT2D eigenvalue weighted by Gasteiger charge is 2.25. The molecule has 23 heavy (non-hydrogen) atoms. The van der Waals surface area contributed by atoms with Gasteiger partial charge in [-0.2, -0.15) is 0 Å². The number of hydrogen-bond acceptors (Lipinski definition) is 5. The number of benzene rings is 1. The molecular weight excluding hydrogens is 318 g/mol. The summed E-state index contributed by atoms with van der Waals surface area (Å²) in [7, 11) is -3.90. The summed E-state index contributed by atoms with van der Waals surface area (Å²) >= 11 is 0. The van der Waals surface area contributed by atoms with Crippen LogP contribution in [0.3, 0.4) is 0 Å². The Bertz CT molecular complexity index is 665. The summed E-state index contributed by atoms with van der Waals surface area (Å²) < 4.78 is 37.6. The minimum atomic E-state index is -3.90. The van der Waals surface area contributed by atoms with E-state index < -0.39 is 22.0 Å². The van der Waals surface area contributed by atoms with Crippen LogP contribution >= 0.6 is 0 Å². The second-order valence-corrected chi connectivity index (χ2v) is 7.50. The van der Waals surface area contributed by atoms with Gasteiger partial charge in [0, 0.05) is 6.61 Å². The molecule has 1 aliphatic rings. The molecule has 0 spiro atoms. The number of amides is 1. The van der Waals surface area contributed by atoms with Crippen LogP contribution in [0, 0.1) is 13.8 Å². The van der Waals surface area contributed by atoms with Crippen molar-refractivity contribution in [1.82, 2.24) is 4.72 Å². The maximum Gasteiger partial charge on any atom is 0.264 e.